The maximum atomic E-state index is 13.4. The summed E-state index contributed by atoms with van der Waals surface area (Å²) in [5, 5.41) is 12.3. The molecule has 8 nitrogen and oxygen atoms in total. The lowest BCUT2D eigenvalue weighted by Gasteiger charge is -2.21. The number of halogens is 1. The molecule has 198 valence electrons. The average molecular weight is 561 g/mol. The van der Waals surface area contributed by atoms with Crippen molar-refractivity contribution in [3.8, 4) is 22.4 Å². The van der Waals surface area contributed by atoms with E-state index in [4.69, 9.17) is 16.6 Å². The van der Waals surface area contributed by atoms with Gasteiger partial charge in [-0.3, -0.25) is 24.2 Å². The summed E-state index contributed by atoms with van der Waals surface area (Å²) in [7, 11) is 3.33. The second-order valence-electron chi connectivity index (χ2n) is 9.42. The Morgan fingerprint density at radius 2 is 1.92 bits per heavy atom. The molecule has 1 unspecified atom stereocenters. The van der Waals surface area contributed by atoms with Crippen molar-refractivity contribution in [3.63, 3.8) is 0 Å². The first-order valence-electron chi connectivity index (χ1n) is 12.3. The van der Waals surface area contributed by atoms with Gasteiger partial charge in [0.15, 0.2) is 5.13 Å². The number of anilines is 2. The van der Waals surface area contributed by atoms with Crippen molar-refractivity contribution in [3.05, 3.63) is 82.3 Å². The number of carbonyl (C=O) groups is 3. The molecule has 0 bridgehead atoms. The zero-order chi connectivity index (χ0) is 27.7. The first-order valence-corrected chi connectivity index (χ1v) is 13.5. The van der Waals surface area contributed by atoms with Crippen LogP contribution in [0, 0.1) is 5.92 Å². The number of fused-ring (bicyclic) bond motifs is 1. The molecule has 39 heavy (non-hydrogen) atoms. The van der Waals surface area contributed by atoms with Crippen molar-refractivity contribution in [2.45, 2.75) is 19.3 Å². The summed E-state index contributed by atoms with van der Waals surface area (Å²) in [6.45, 7) is 0. The van der Waals surface area contributed by atoms with Crippen molar-refractivity contribution >= 4 is 51.7 Å². The van der Waals surface area contributed by atoms with Gasteiger partial charge in [-0.05, 0) is 35.7 Å². The highest BCUT2D eigenvalue weighted by molar-refractivity contribution is 7.14. The van der Waals surface area contributed by atoms with Crippen molar-refractivity contribution in [1.82, 2.24) is 9.97 Å². The first-order chi connectivity index (χ1) is 18.7. The summed E-state index contributed by atoms with van der Waals surface area (Å²) >= 11 is 7.65. The molecular weight excluding hydrogens is 536 g/mol. The van der Waals surface area contributed by atoms with Crippen LogP contribution in [0.25, 0.3) is 22.4 Å². The van der Waals surface area contributed by atoms with Crippen LogP contribution in [0.15, 0.2) is 66.2 Å². The smallest absolute Gasteiger partial charge is 0.304 e. The van der Waals surface area contributed by atoms with Crippen LogP contribution < -0.4 is 9.80 Å². The lowest BCUT2D eigenvalue weighted by molar-refractivity contribution is -0.140. The van der Waals surface area contributed by atoms with Crippen molar-refractivity contribution < 1.29 is 19.5 Å². The van der Waals surface area contributed by atoms with Crippen LogP contribution in [0.4, 0.5) is 10.9 Å². The largest absolute Gasteiger partial charge is 0.481 e. The minimum Gasteiger partial charge on any atom is -0.481 e. The fourth-order valence-corrected chi connectivity index (χ4v) is 5.70. The maximum Gasteiger partial charge on any atom is 0.304 e. The molecule has 2 aromatic heterocycles. The zero-order valence-corrected chi connectivity index (χ0v) is 22.9. The zero-order valence-electron chi connectivity index (χ0n) is 21.3. The highest BCUT2D eigenvalue weighted by Gasteiger charge is 2.28. The summed E-state index contributed by atoms with van der Waals surface area (Å²) in [6.07, 6.45) is 2.06. The Labute approximate surface area is 234 Å². The van der Waals surface area contributed by atoms with Gasteiger partial charge in [0.2, 0.25) is 11.8 Å². The third-order valence-electron chi connectivity index (χ3n) is 6.75. The number of carboxylic acids is 1. The number of pyridine rings is 1. The summed E-state index contributed by atoms with van der Waals surface area (Å²) in [4.78, 5) is 49.3. The average Bonchev–Trinajstić information content (AvgIpc) is 3.52. The number of benzene rings is 2. The Morgan fingerprint density at radius 3 is 2.67 bits per heavy atom. The molecule has 5 rings (SSSR count). The van der Waals surface area contributed by atoms with Gasteiger partial charge in [-0.2, -0.15) is 0 Å². The number of hydrogen-bond donors (Lipinski definition) is 1. The molecule has 10 heteroatoms. The van der Waals surface area contributed by atoms with E-state index in [0.717, 1.165) is 27.8 Å². The van der Waals surface area contributed by atoms with Gasteiger partial charge >= 0.3 is 5.97 Å². The SMILES string of the molecule is CN(C(=O)C(CC(=O)O)Cc1ccccc1)c1nc(-c2cc(Cl)ccc2-c2cnc3c(c2)CC(=O)N3C)cs1. The standard InChI is InChI=1S/C29H25ClN4O4S/c1-33-25(35)12-18-11-20(15-31-27(18)33)22-9-8-21(30)14-23(22)24-16-39-29(32-24)34(2)28(38)19(13-26(36)37)10-17-6-4-3-5-7-17/h3-9,11,14-16,19H,10,12-13H2,1-2H3,(H,36,37). The Kier molecular flexibility index (Phi) is 7.45. The summed E-state index contributed by atoms with van der Waals surface area (Å²) in [5.41, 5.74) is 4.80. The molecule has 1 N–H and O–H groups in total. The van der Waals surface area contributed by atoms with E-state index in [-0.39, 0.29) is 18.2 Å². The van der Waals surface area contributed by atoms with Crippen molar-refractivity contribution in [2.24, 2.45) is 5.92 Å². The second kappa shape index (κ2) is 11.0. The molecule has 2 aromatic carbocycles. The third-order valence-corrected chi connectivity index (χ3v) is 7.90. The van der Waals surface area contributed by atoms with E-state index in [9.17, 15) is 19.5 Å². The molecular formula is C29H25ClN4O4S. The number of carbonyl (C=O) groups excluding carboxylic acids is 2. The summed E-state index contributed by atoms with van der Waals surface area (Å²) in [5.74, 6) is -1.43. The molecule has 1 aliphatic heterocycles. The van der Waals surface area contributed by atoms with Crippen molar-refractivity contribution in [2.75, 3.05) is 23.9 Å². The number of amides is 2. The molecule has 1 atom stereocenters. The predicted octanol–water partition coefficient (Wildman–Crippen LogP) is 5.34. The molecule has 1 aliphatic rings. The molecule has 0 fully saturated rings. The number of rotatable bonds is 8. The molecule has 0 saturated carbocycles. The highest BCUT2D eigenvalue weighted by Crippen LogP contribution is 2.38. The van der Waals surface area contributed by atoms with Gasteiger partial charge in [-0.15, -0.1) is 11.3 Å². The van der Waals surface area contributed by atoms with Gasteiger partial charge < -0.3 is 5.11 Å². The predicted molar refractivity (Wildman–Crippen MR) is 152 cm³/mol. The van der Waals surface area contributed by atoms with Crippen LogP contribution in [0.3, 0.4) is 0 Å². The van der Waals surface area contributed by atoms with Crippen LogP contribution in [0.2, 0.25) is 5.02 Å². The number of hydrogen-bond acceptors (Lipinski definition) is 6. The normalized spacial score (nSPS) is 13.3. The fraction of sp³-hybridized carbons (Fsp3) is 0.207. The number of thiazole rings is 1. The highest BCUT2D eigenvalue weighted by atomic mass is 35.5. The quantitative estimate of drug-likeness (QED) is 0.312. The Hall–Kier alpha value is -4.08. The van der Waals surface area contributed by atoms with Gasteiger partial charge in [0.1, 0.15) is 5.82 Å². The van der Waals surface area contributed by atoms with Gasteiger partial charge in [-0.25, -0.2) is 9.97 Å². The Bertz CT molecular complexity index is 1570. The molecule has 3 heterocycles. The minimum absolute atomic E-state index is 0.00343. The van der Waals surface area contributed by atoms with Gasteiger partial charge in [-0.1, -0.05) is 48.0 Å². The molecule has 0 aliphatic carbocycles. The second-order valence-corrected chi connectivity index (χ2v) is 10.7. The Morgan fingerprint density at radius 1 is 1.15 bits per heavy atom. The fourth-order valence-electron chi connectivity index (χ4n) is 4.73. The van der Waals surface area contributed by atoms with Crippen LogP contribution in [0.1, 0.15) is 17.5 Å². The van der Waals surface area contributed by atoms with E-state index >= 15 is 0 Å². The molecule has 0 spiro atoms. The van der Waals surface area contributed by atoms with E-state index in [1.54, 1.807) is 31.3 Å². The molecule has 0 saturated heterocycles. The number of nitrogens with zero attached hydrogens (tertiary/aromatic N) is 4. The number of aliphatic carboxylic acids is 1. The van der Waals surface area contributed by atoms with Crippen LogP contribution in [-0.2, 0) is 27.2 Å². The number of likely N-dealkylation sites (N-methyl/N-ethyl adjacent to an activating group) is 1. The molecule has 4 aromatic rings. The van der Waals surface area contributed by atoms with Crippen LogP contribution in [-0.4, -0.2) is 47.0 Å². The van der Waals surface area contributed by atoms with E-state index in [1.165, 1.54) is 16.2 Å². The Balaban J connectivity index is 1.44. The maximum absolute atomic E-state index is 13.4. The molecule has 0 radical (unpaired) electrons. The number of carboxylic acid groups (broad SMARTS) is 1. The third kappa shape index (κ3) is 5.55. The van der Waals surface area contributed by atoms with Gasteiger partial charge in [0, 0.05) is 47.4 Å². The van der Waals surface area contributed by atoms with Crippen molar-refractivity contribution in [1.29, 1.82) is 0 Å². The minimum atomic E-state index is -1.03. The van der Waals surface area contributed by atoms with Crippen LogP contribution in [0.5, 0.6) is 0 Å². The van der Waals surface area contributed by atoms with Gasteiger partial charge in [0.05, 0.1) is 24.5 Å². The lowest BCUT2D eigenvalue weighted by atomic mass is 9.95. The monoisotopic (exact) mass is 560 g/mol. The van der Waals surface area contributed by atoms with E-state index in [0.29, 0.717) is 34.5 Å². The summed E-state index contributed by atoms with van der Waals surface area (Å²) < 4.78 is 0. The molecule has 2 amide bonds. The van der Waals surface area contributed by atoms with Crippen LogP contribution >= 0.6 is 22.9 Å². The number of aromatic nitrogens is 2. The summed E-state index contributed by atoms with van der Waals surface area (Å²) in [6, 6.07) is 16.8. The first kappa shape index (κ1) is 26.5. The topological polar surface area (TPSA) is 104 Å². The lowest BCUT2D eigenvalue weighted by Crippen LogP contribution is -2.35. The van der Waals surface area contributed by atoms with E-state index in [1.807, 2.05) is 53.9 Å². The van der Waals surface area contributed by atoms with E-state index < -0.39 is 11.9 Å². The van der Waals surface area contributed by atoms with Gasteiger partial charge in [0.25, 0.3) is 0 Å². The van der Waals surface area contributed by atoms with E-state index in [2.05, 4.69) is 4.98 Å².